The van der Waals surface area contributed by atoms with E-state index in [9.17, 15) is 13.2 Å². The Kier molecular flexibility index (Phi) is 4.46. The van der Waals surface area contributed by atoms with Gasteiger partial charge in [-0.15, -0.1) is 0 Å². The summed E-state index contributed by atoms with van der Waals surface area (Å²) >= 11 is 0. The molecule has 1 aromatic carbocycles. The van der Waals surface area contributed by atoms with Crippen molar-refractivity contribution in [2.75, 3.05) is 31.0 Å². The van der Waals surface area contributed by atoms with Crippen LogP contribution in [0.25, 0.3) is 4.85 Å². The van der Waals surface area contributed by atoms with E-state index >= 15 is 0 Å². The summed E-state index contributed by atoms with van der Waals surface area (Å²) in [5, 5.41) is 2.89. The van der Waals surface area contributed by atoms with Crippen LogP contribution in [0, 0.1) is 6.57 Å². The van der Waals surface area contributed by atoms with Gasteiger partial charge in [0.25, 0.3) is 0 Å². The molecule has 1 aliphatic heterocycles. The highest BCUT2D eigenvalue weighted by Gasteiger charge is 2.46. The fourth-order valence-electron chi connectivity index (χ4n) is 2.50. The van der Waals surface area contributed by atoms with Crippen molar-refractivity contribution in [3.8, 4) is 11.5 Å². The van der Waals surface area contributed by atoms with E-state index < -0.39 is 18.8 Å². The first-order valence-corrected chi connectivity index (χ1v) is 7.45. The number of halogens is 3. The summed E-state index contributed by atoms with van der Waals surface area (Å²) in [4.78, 5) is 12.5. The topological polar surface area (TPSA) is 63.9 Å². The highest BCUT2D eigenvalue weighted by atomic mass is 19.4. The molecule has 26 heavy (non-hydrogen) atoms. The third kappa shape index (κ3) is 3.28. The minimum absolute atomic E-state index is 0.0424. The van der Waals surface area contributed by atoms with Crippen molar-refractivity contribution in [3.05, 3.63) is 35.8 Å². The summed E-state index contributed by atoms with van der Waals surface area (Å²) in [6.45, 7) is 6.55. The predicted molar refractivity (Wildman–Crippen MR) is 88.3 cm³/mol. The summed E-state index contributed by atoms with van der Waals surface area (Å²) in [5.41, 5.74) is 0.867. The van der Waals surface area contributed by atoms with Crippen molar-refractivity contribution in [1.29, 1.82) is 0 Å². The lowest BCUT2D eigenvalue weighted by atomic mass is 10.2. The van der Waals surface area contributed by atoms with Crippen LogP contribution in [0.3, 0.4) is 0 Å². The number of ether oxygens (including phenoxy) is 2. The Bertz CT molecular complexity index is 866. The third-order valence-corrected chi connectivity index (χ3v) is 3.87. The average Bonchev–Trinajstić information content (AvgIpc) is 2.61. The standard InChI is InChI=1S/C16H14F3N5O2/c1-20-10-5-4-9(6-11(10)25-3)22-15-21-7-12-14(23-15)24(2)13(8-26-12)16(17,18)19/h4-7,13H,8H2,2-3H3,(H,21,22,23). The van der Waals surface area contributed by atoms with E-state index in [-0.39, 0.29) is 17.5 Å². The molecule has 1 N–H and O–H groups in total. The molecule has 3 rings (SSSR count). The molecule has 0 fully saturated rings. The maximum absolute atomic E-state index is 13.1. The van der Waals surface area contributed by atoms with Crippen LogP contribution in [0.15, 0.2) is 24.4 Å². The highest BCUT2D eigenvalue weighted by Crippen LogP contribution is 2.37. The van der Waals surface area contributed by atoms with Gasteiger partial charge in [-0.2, -0.15) is 18.2 Å². The second-order valence-corrected chi connectivity index (χ2v) is 5.48. The van der Waals surface area contributed by atoms with Crippen LogP contribution in [0.1, 0.15) is 0 Å². The number of fused-ring (bicyclic) bond motifs is 1. The number of anilines is 3. The number of aromatic nitrogens is 2. The first-order valence-electron chi connectivity index (χ1n) is 7.45. The molecule has 1 atom stereocenters. The molecule has 10 heteroatoms. The Morgan fingerprint density at radius 3 is 2.85 bits per heavy atom. The molecule has 0 aliphatic carbocycles. The fourth-order valence-corrected chi connectivity index (χ4v) is 2.50. The van der Waals surface area contributed by atoms with Gasteiger partial charge in [0.1, 0.15) is 12.4 Å². The van der Waals surface area contributed by atoms with Crippen molar-refractivity contribution in [1.82, 2.24) is 9.97 Å². The summed E-state index contributed by atoms with van der Waals surface area (Å²) < 4.78 is 49.5. The Labute approximate surface area is 147 Å². The molecule has 0 spiro atoms. The number of alkyl halides is 3. The van der Waals surface area contributed by atoms with E-state index in [1.165, 1.54) is 20.4 Å². The molecule has 2 aromatic rings. The van der Waals surface area contributed by atoms with Gasteiger partial charge in [-0.05, 0) is 12.1 Å². The van der Waals surface area contributed by atoms with Gasteiger partial charge in [-0.25, -0.2) is 9.83 Å². The Hall–Kier alpha value is -3.22. The summed E-state index contributed by atoms with van der Waals surface area (Å²) in [5.74, 6) is 0.681. The number of methoxy groups -OCH3 is 1. The van der Waals surface area contributed by atoms with Crippen LogP contribution in [-0.4, -0.2) is 43.0 Å². The predicted octanol–water partition coefficient (Wildman–Crippen LogP) is 3.54. The highest BCUT2D eigenvalue weighted by molar-refractivity contribution is 5.67. The quantitative estimate of drug-likeness (QED) is 0.840. The van der Waals surface area contributed by atoms with Gasteiger partial charge < -0.3 is 19.7 Å². The van der Waals surface area contributed by atoms with Gasteiger partial charge in [0.05, 0.1) is 19.9 Å². The molecular formula is C16H14F3N5O2. The zero-order valence-electron chi connectivity index (χ0n) is 13.8. The van der Waals surface area contributed by atoms with E-state index in [1.54, 1.807) is 18.2 Å². The van der Waals surface area contributed by atoms with E-state index in [2.05, 4.69) is 20.1 Å². The Morgan fingerprint density at radius 1 is 1.42 bits per heavy atom. The van der Waals surface area contributed by atoms with Crippen molar-refractivity contribution < 1.29 is 22.6 Å². The number of likely N-dealkylation sites (N-methyl/N-ethyl adjacent to an activating group) is 1. The number of benzene rings is 1. The number of hydrogen-bond acceptors (Lipinski definition) is 6. The first kappa shape index (κ1) is 17.6. The molecule has 1 aromatic heterocycles. The Morgan fingerprint density at radius 2 is 2.19 bits per heavy atom. The maximum atomic E-state index is 13.1. The second kappa shape index (κ2) is 6.59. The lowest BCUT2D eigenvalue weighted by molar-refractivity contribution is -0.155. The number of nitrogens with one attached hydrogen (secondary N) is 1. The molecule has 0 saturated heterocycles. The summed E-state index contributed by atoms with van der Waals surface area (Å²) in [7, 11) is 2.75. The lowest BCUT2D eigenvalue weighted by Crippen LogP contribution is -2.50. The molecule has 136 valence electrons. The van der Waals surface area contributed by atoms with Crippen LogP contribution in [-0.2, 0) is 0 Å². The maximum Gasteiger partial charge on any atom is 0.412 e. The van der Waals surface area contributed by atoms with E-state index in [0.717, 1.165) is 4.90 Å². The summed E-state index contributed by atoms with van der Waals surface area (Å²) in [6.07, 6.45) is -3.12. The zero-order chi connectivity index (χ0) is 18.9. The molecular weight excluding hydrogens is 351 g/mol. The van der Waals surface area contributed by atoms with E-state index in [1.807, 2.05) is 0 Å². The van der Waals surface area contributed by atoms with E-state index in [0.29, 0.717) is 17.1 Å². The second-order valence-electron chi connectivity index (χ2n) is 5.48. The van der Waals surface area contributed by atoms with Gasteiger partial charge in [-0.3, -0.25) is 0 Å². The molecule has 2 heterocycles. The fraction of sp³-hybridized carbons (Fsp3) is 0.312. The van der Waals surface area contributed by atoms with Crippen LogP contribution in [0.5, 0.6) is 11.5 Å². The van der Waals surface area contributed by atoms with Crippen LogP contribution in [0.2, 0.25) is 0 Å². The van der Waals surface area contributed by atoms with E-state index in [4.69, 9.17) is 16.0 Å². The molecule has 1 aliphatic rings. The van der Waals surface area contributed by atoms with Gasteiger partial charge in [-0.1, -0.05) is 6.07 Å². The summed E-state index contributed by atoms with van der Waals surface area (Å²) in [6, 6.07) is 2.98. The molecule has 1 unspecified atom stereocenters. The monoisotopic (exact) mass is 365 g/mol. The van der Waals surface area contributed by atoms with Gasteiger partial charge in [0.15, 0.2) is 17.6 Å². The zero-order valence-corrected chi connectivity index (χ0v) is 13.8. The number of rotatable bonds is 3. The van der Waals surface area contributed by atoms with Crippen molar-refractivity contribution in [3.63, 3.8) is 0 Å². The third-order valence-electron chi connectivity index (χ3n) is 3.87. The minimum Gasteiger partial charge on any atom is -0.508 e. The lowest BCUT2D eigenvalue weighted by Gasteiger charge is -2.35. The molecule has 0 bridgehead atoms. The van der Waals surface area contributed by atoms with Crippen LogP contribution < -0.4 is 19.7 Å². The number of hydrogen-bond donors (Lipinski definition) is 1. The molecule has 0 saturated carbocycles. The molecule has 0 amide bonds. The average molecular weight is 365 g/mol. The molecule has 7 nitrogen and oxygen atoms in total. The van der Waals surface area contributed by atoms with Crippen molar-refractivity contribution >= 4 is 23.1 Å². The number of nitrogens with zero attached hydrogens (tertiary/aromatic N) is 4. The first-order chi connectivity index (χ1) is 12.3. The van der Waals surface area contributed by atoms with Gasteiger partial charge in [0, 0.05) is 12.7 Å². The smallest absolute Gasteiger partial charge is 0.412 e. The van der Waals surface area contributed by atoms with Crippen LogP contribution >= 0.6 is 0 Å². The Balaban J connectivity index is 1.88. The van der Waals surface area contributed by atoms with Gasteiger partial charge in [0.2, 0.25) is 11.6 Å². The largest absolute Gasteiger partial charge is 0.508 e. The van der Waals surface area contributed by atoms with Crippen molar-refractivity contribution in [2.45, 2.75) is 12.2 Å². The van der Waals surface area contributed by atoms with Crippen molar-refractivity contribution in [2.24, 2.45) is 0 Å². The van der Waals surface area contributed by atoms with Gasteiger partial charge >= 0.3 is 6.18 Å². The normalized spacial score (nSPS) is 16.3. The molecule has 0 radical (unpaired) electrons. The minimum atomic E-state index is -4.44. The SMILES string of the molecule is [C-]#[N+]c1ccc(Nc2ncc3c(n2)N(C)C(C(F)(F)F)CO3)cc1OC. The van der Waals surface area contributed by atoms with Crippen LogP contribution in [0.4, 0.5) is 36.3 Å².